The number of benzene rings is 2. The van der Waals surface area contributed by atoms with Crippen molar-refractivity contribution in [1.82, 2.24) is 0 Å². The molecular formula is C24H30O. The number of allylic oxidation sites excluding steroid dienone is 2. The average molecular weight is 335 g/mol. The number of hydrogen-bond acceptors (Lipinski definition) is 1. The molecule has 0 fully saturated rings. The van der Waals surface area contributed by atoms with Crippen molar-refractivity contribution >= 4 is 12.2 Å². The van der Waals surface area contributed by atoms with Gasteiger partial charge in [-0.1, -0.05) is 63.1 Å². The fraction of sp³-hybridized carbons (Fsp3) is 0.333. The molecule has 0 unspecified atom stereocenters. The maximum absolute atomic E-state index is 6.26. The second-order valence-corrected chi connectivity index (χ2v) is 6.42. The normalized spacial score (nSPS) is 11.5. The van der Waals surface area contributed by atoms with E-state index in [1.165, 1.54) is 22.3 Å². The zero-order chi connectivity index (χ0) is 18.1. The molecule has 132 valence electrons. The molecule has 0 spiro atoms. The van der Waals surface area contributed by atoms with Gasteiger partial charge in [0.05, 0.1) is 0 Å². The zero-order valence-corrected chi connectivity index (χ0v) is 16.0. The zero-order valence-electron chi connectivity index (χ0n) is 16.0. The van der Waals surface area contributed by atoms with Crippen LogP contribution in [0.3, 0.4) is 0 Å². The van der Waals surface area contributed by atoms with E-state index in [-0.39, 0.29) is 0 Å². The maximum Gasteiger partial charge on any atom is 0.128 e. The minimum Gasteiger partial charge on any atom is -0.457 e. The third-order valence-corrected chi connectivity index (χ3v) is 4.01. The van der Waals surface area contributed by atoms with Gasteiger partial charge in [0.1, 0.15) is 11.5 Å². The van der Waals surface area contributed by atoms with Crippen LogP contribution in [0.5, 0.6) is 11.5 Å². The summed E-state index contributed by atoms with van der Waals surface area (Å²) in [5.41, 5.74) is 5.04. The Labute approximate surface area is 153 Å². The minimum absolute atomic E-state index is 0.916. The van der Waals surface area contributed by atoms with Crippen LogP contribution in [0.25, 0.3) is 12.2 Å². The molecule has 0 heterocycles. The molecular weight excluding hydrogens is 304 g/mol. The van der Waals surface area contributed by atoms with Gasteiger partial charge in [0.2, 0.25) is 0 Å². The molecule has 0 aromatic heterocycles. The van der Waals surface area contributed by atoms with Gasteiger partial charge in [-0.2, -0.15) is 0 Å². The van der Waals surface area contributed by atoms with Crippen LogP contribution >= 0.6 is 0 Å². The Hall–Kier alpha value is -2.28. The molecule has 0 amide bonds. The molecule has 2 aromatic carbocycles. The fourth-order valence-corrected chi connectivity index (χ4v) is 3.07. The Morgan fingerprint density at radius 3 is 1.48 bits per heavy atom. The molecule has 1 heteroatoms. The molecule has 0 aliphatic heterocycles. The highest BCUT2D eigenvalue weighted by Gasteiger charge is 2.05. The number of ether oxygens (including phenoxy) is 1. The summed E-state index contributed by atoms with van der Waals surface area (Å²) in [6.45, 7) is 8.51. The quantitative estimate of drug-likeness (QED) is 0.487. The summed E-state index contributed by atoms with van der Waals surface area (Å²) in [6, 6.07) is 13.0. The van der Waals surface area contributed by atoms with Gasteiger partial charge in [-0.15, -0.1) is 0 Å². The van der Waals surface area contributed by atoms with E-state index in [1.807, 2.05) is 13.8 Å². The Balaban J connectivity index is 2.36. The lowest BCUT2D eigenvalue weighted by molar-refractivity contribution is 0.481. The highest BCUT2D eigenvalue weighted by atomic mass is 16.5. The summed E-state index contributed by atoms with van der Waals surface area (Å²) in [5, 5.41) is 0. The Morgan fingerprint density at radius 2 is 1.12 bits per heavy atom. The van der Waals surface area contributed by atoms with E-state index in [0.29, 0.717) is 0 Å². The van der Waals surface area contributed by atoms with Crippen molar-refractivity contribution < 1.29 is 4.74 Å². The van der Waals surface area contributed by atoms with Crippen molar-refractivity contribution in [2.75, 3.05) is 0 Å². The first-order chi connectivity index (χ1) is 12.2. The van der Waals surface area contributed by atoms with E-state index in [1.54, 1.807) is 0 Å². The summed E-state index contributed by atoms with van der Waals surface area (Å²) >= 11 is 0. The average Bonchev–Trinajstić information content (AvgIpc) is 2.55. The van der Waals surface area contributed by atoms with Crippen molar-refractivity contribution in [2.45, 2.75) is 53.4 Å². The van der Waals surface area contributed by atoms with E-state index >= 15 is 0 Å². The first-order valence-corrected chi connectivity index (χ1v) is 9.39. The van der Waals surface area contributed by atoms with Crippen LogP contribution in [0.2, 0.25) is 0 Å². The van der Waals surface area contributed by atoms with Crippen molar-refractivity contribution in [2.24, 2.45) is 0 Å². The molecule has 0 saturated heterocycles. The summed E-state index contributed by atoms with van der Waals surface area (Å²) < 4.78 is 6.26. The number of aryl methyl sites for hydroxylation is 2. The largest absolute Gasteiger partial charge is 0.457 e. The van der Waals surface area contributed by atoms with Gasteiger partial charge < -0.3 is 4.74 Å². The molecule has 0 saturated carbocycles. The van der Waals surface area contributed by atoms with Gasteiger partial charge in [0.15, 0.2) is 0 Å². The maximum atomic E-state index is 6.26. The monoisotopic (exact) mass is 334 g/mol. The smallest absolute Gasteiger partial charge is 0.128 e. The third-order valence-electron chi connectivity index (χ3n) is 4.01. The second kappa shape index (κ2) is 9.88. The van der Waals surface area contributed by atoms with Crippen molar-refractivity contribution in [1.29, 1.82) is 0 Å². The van der Waals surface area contributed by atoms with Crippen LogP contribution in [-0.4, -0.2) is 0 Å². The molecule has 2 rings (SSSR count). The van der Waals surface area contributed by atoms with Gasteiger partial charge in [-0.25, -0.2) is 0 Å². The highest BCUT2D eigenvalue weighted by molar-refractivity contribution is 5.56. The van der Waals surface area contributed by atoms with Gasteiger partial charge in [-0.3, -0.25) is 0 Å². The van der Waals surface area contributed by atoms with E-state index in [9.17, 15) is 0 Å². The summed E-state index contributed by atoms with van der Waals surface area (Å²) in [4.78, 5) is 0. The molecule has 0 radical (unpaired) electrons. The molecule has 0 bridgehead atoms. The van der Waals surface area contributed by atoms with Crippen LogP contribution in [-0.2, 0) is 12.8 Å². The van der Waals surface area contributed by atoms with Gasteiger partial charge in [0, 0.05) is 0 Å². The lowest BCUT2D eigenvalue weighted by Crippen LogP contribution is -1.92. The minimum atomic E-state index is 0.916. The van der Waals surface area contributed by atoms with Gasteiger partial charge >= 0.3 is 0 Å². The van der Waals surface area contributed by atoms with Crippen LogP contribution in [0, 0.1) is 0 Å². The van der Waals surface area contributed by atoms with Gasteiger partial charge in [-0.05, 0) is 73.2 Å². The molecule has 1 nitrogen and oxygen atoms in total. The second-order valence-electron chi connectivity index (χ2n) is 6.42. The first kappa shape index (κ1) is 19.1. The topological polar surface area (TPSA) is 9.23 Å². The Morgan fingerprint density at radius 1 is 0.680 bits per heavy atom. The van der Waals surface area contributed by atoms with E-state index in [4.69, 9.17) is 4.74 Å². The molecule has 0 N–H and O–H groups in total. The van der Waals surface area contributed by atoms with Crippen molar-refractivity contribution in [3.63, 3.8) is 0 Å². The Bertz CT molecular complexity index is 674. The van der Waals surface area contributed by atoms with Gasteiger partial charge in [0.25, 0.3) is 0 Å². The lowest BCUT2D eigenvalue weighted by atomic mass is 10.0. The number of hydrogen-bond donors (Lipinski definition) is 0. The SMILES string of the molecule is CC=Cc1cc(CCC)cc(Oc2cc(C=CC)cc(CCC)c2)c1. The summed E-state index contributed by atoms with van der Waals surface area (Å²) in [7, 11) is 0. The van der Waals surface area contributed by atoms with Crippen LogP contribution in [0.15, 0.2) is 48.6 Å². The third kappa shape index (κ3) is 5.94. The molecule has 2 aromatic rings. The standard InChI is InChI=1S/C24H30O/c1-5-9-19-13-20(10-6-2)16-23(15-19)25-24-17-21(11-7-3)14-22(18-24)12-8-4/h5,7,9,11,13-18H,6,8,10,12H2,1-4H3. The van der Waals surface area contributed by atoms with E-state index in [2.05, 4.69) is 74.5 Å². The molecule has 0 aliphatic rings. The highest BCUT2D eigenvalue weighted by Crippen LogP contribution is 2.28. The predicted molar refractivity (Wildman–Crippen MR) is 110 cm³/mol. The van der Waals surface area contributed by atoms with E-state index < -0.39 is 0 Å². The first-order valence-electron chi connectivity index (χ1n) is 9.39. The van der Waals surface area contributed by atoms with Crippen LogP contribution in [0.1, 0.15) is 62.8 Å². The van der Waals surface area contributed by atoms with E-state index in [0.717, 1.165) is 37.2 Å². The van der Waals surface area contributed by atoms with Crippen molar-refractivity contribution in [3.8, 4) is 11.5 Å². The summed E-state index contributed by atoms with van der Waals surface area (Å²) in [5.74, 6) is 1.83. The van der Waals surface area contributed by atoms with Crippen molar-refractivity contribution in [3.05, 3.63) is 70.8 Å². The predicted octanol–water partition coefficient (Wildman–Crippen LogP) is 7.45. The van der Waals surface area contributed by atoms with Crippen LogP contribution < -0.4 is 4.74 Å². The molecule has 0 aliphatic carbocycles. The lowest BCUT2D eigenvalue weighted by Gasteiger charge is -2.12. The molecule has 0 atom stereocenters. The number of rotatable bonds is 8. The molecule has 25 heavy (non-hydrogen) atoms. The summed E-state index contributed by atoms with van der Waals surface area (Å²) in [6.07, 6.45) is 12.8. The van der Waals surface area contributed by atoms with Crippen LogP contribution in [0.4, 0.5) is 0 Å². The fourth-order valence-electron chi connectivity index (χ4n) is 3.07. The Kier molecular flexibility index (Phi) is 7.53.